The van der Waals surface area contributed by atoms with E-state index in [1.807, 2.05) is 0 Å². The number of carbonyl (C=O) groups is 1. The number of tetrazole rings is 1. The van der Waals surface area contributed by atoms with Gasteiger partial charge in [-0.3, -0.25) is 4.79 Å². The first-order valence-electron chi connectivity index (χ1n) is 4.55. The Morgan fingerprint density at radius 1 is 1.60 bits per heavy atom. The van der Waals surface area contributed by atoms with E-state index in [0.717, 1.165) is 0 Å². The molecule has 8 nitrogen and oxygen atoms in total. The first-order chi connectivity index (χ1) is 7.36. The van der Waals surface area contributed by atoms with Gasteiger partial charge in [0.15, 0.2) is 11.9 Å². The van der Waals surface area contributed by atoms with Crippen molar-refractivity contribution < 1.29 is 14.3 Å². The molecule has 0 spiro atoms. The standard InChI is InChI=1S/C7H11N5O3/c13-7(5-4-14-1-2-15-5)8-3-6-9-11-12-10-6/h5H,1-4H2,(H,8,13)(H,9,10,11,12). The fourth-order valence-electron chi connectivity index (χ4n) is 1.18. The number of rotatable bonds is 3. The molecule has 1 amide bonds. The van der Waals surface area contributed by atoms with Gasteiger partial charge in [-0.25, -0.2) is 0 Å². The van der Waals surface area contributed by atoms with Crippen molar-refractivity contribution in [3.8, 4) is 0 Å². The van der Waals surface area contributed by atoms with Crippen molar-refractivity contribution in [2.24, 2.45) is 0 Å². The maximum absolute atomic E-state index is 11.5. The number of aromatic amines is 1. The van der Waals surface area contributed by atoms with Crippen molar-refractivity contribution in [3.63, 3.8) is 0 Å². The molecular weight excluding hydrogens is 202 g/mol. The van der Waals surface area contributed by atoms with Crippen molar-refractivity contribution >= 4 is 5.91 Å². The number of hydrogen-bond donors (Lipinski definition) is 2. The van der Waals surface area contributed by atoms with E-state index in [4.69, 9.17) is 9.47 Å². The van der Waals surface area contributed by atoms with E-state index in [0.29, 0.717) is 19.0 Å². The third kappa shape index (κ3) is 2.70. The van der Waals surface area contributed by atoms with Gasteiger partial charge in [0, 0.05) is 0 Å². The molecule has 1 saturated heterocycles. The van der Waals surface area contributed by atoms with Gasteiger partial charge in [-0.1, -0.05) is 5.21 Å². The monoisotopic (exact) mass is 213 g/mol. The normalized spacial score (nSPS) is 21.2. The highest BCUT2D eigenvalue weighted by Gasteiger charge is 2.22. The third-order valence-corrected chi connectivity index (χ3v) is 1.92. The Bertz CT molecular complexity index is 308. The van der Waals surface area contributed by atoms with E-state index in [-0.39, 0.29) is 19.1 Å². The van der Waals surface area contributed by atoms with Crippen molar-refractivity contribution in [2.45, 2.75) is 12.6 Å². The van der Waals surface area contributed by atoms with Crippen molar-refractivity contribution in [2.75, 3.05) is 19.8 Å². The number of ether oxygens (including phenoxy) is 2. The van der Waals surface area contributed by atoms with E-state index in [1.54, 1.807) is 0 Å². The van der Waals surface area contributed by atoms with Gasteiger partial charge in [-0.2, -0.15) is 5.21 Å². The second-order valence-electron chi connectivity index (χ2n) is 2.98. The number of amides is 1. The number of hydrogen-bond acceptors (Lipinski definition) is 6. The summed E-state index contributed by atoms with van der Waals surface area (Å²) in [6.45, 7) is 1.50. The largest absolute Gasteiger partial charge is 0.376 e. The number of aromatic nitrogens is 4. The van der Waals surface area contributed by atoms with Crippen molar-refractivity contribution in [1.82, 2.24) is 25.9 Å². The number of carbonyl (C=O) groups excluding carboxylic acids is 1. The Labute approximate surface area is 85.3 Å². The highest BCUT2D eigenvalue weighted by molar-refractivity contribution is 5.80. The molecule has 1 atom stereocenters. The molecule has 2 rings (SSSR count). The summed E-state index contributed by atoms with van der Waals surface area (Å²) in [7, 11) is 0. The minimum atomic E-state index is -0.536. The Kier molecular flexibility index (Phi) is 3.20. The maximum atomic E-state index is 11.5. The van der Waals surface area contributed by atoms with Crippen molar-refractivity contribution in [1.29, 1.82) is 0 Å². The molecular formula is C7H11N5O3. The molecule has 82 valence electrons. The predicted molar refractivity (Wildman–Crippen MR) is 46.6 cm³/mol. The molecule has 1 fully saturated rings. The minimum absolute atomic E-state index is 0.223. The molecule has 1 aliphatic heterocycles. The zero-order valence-corrected chi connectivity index (χ0v) is 7.97. The molecule has 15 heavy (non-hydrogen) atoms. The summed E-state index contributed by atoms with van der Waals surface area (Å²) in [6, 6.07) is 0. The Morgan fingerprint density at radius 2 is 2.53 bits per heavy atom. The molecule has 0 saturated carbocycles. The average Bonchev–Trinajstić information content (AvgIpc) is 2.80. The molecule has 0 aliphatic carbocycles. The highest BCUT2D eigenvalue weighted by Crippen LogP contribution is 2.00. The second kappa shape index (κ2) is 4.80. The molecule has 0 aromatic carbocycles. The van der Waals surface area contributed by atoms with Gasteiger partial charge in [0.1, 0.15) is 0 Å². The van der Waals surface area contributed by atoms with Gasteiger partial charge in [-0.15, -0.1) is 10.2 Å². The first-order valence-corrected chi connectivity index (χ1v) is 4.55. The second-order valence-corrected chi connectivity index (χ2v) is 2.98. The van der Waals surface area contributed by atoms with Gasteiger partial charge in [0.05, 0.1) is 26.4 Å². The number of nitrogens with one attached hydrogen (secondary N) is 2. The summed E-state index contributed by atoms with van der Waals surface area (Å²) in [5, 5.41) is 15.7. The molecule has 2 N–H and O–H groups in total. The van der Waals surface area contributed by atoms with Gasteiger partial charge in [-0.05, 0) is 0 Å². The lowest BCUT2D eigenvalue weighted by molar-refractivity contribution is -0.147. The van der Waals surface area contributed by atoms with E-state index >= 15 is 0 Å². The lowest BCUT2D eigenvalue weighted by atomic mass is 10.3. The highest BCUT2D eigenvalue weighted by atomic mass is 16.6. The van der Waals surface area contributed by atoms with Crippen LogP contribution in [0.4, 0.5) is 0 Å². The van der Waals surface area contributed by atoms with E-state index in [2.05, 4.69) is 25.9 Å². The summed E-state index contributed by atoms with van der Waals surface area (Å²) >= 11 is 0. The topological polar surface area (TPSA) is 102 Å². The number of nitrogens with zero attached hydrogens (tertiary/aromatic N) is 3. The van der Waals surface area contributed by atoms with Crippen LogP contribution < -0.4 is 5.32 Å². The fraction of sp³-hybridized carbons (Fsp3) is 0.714. The Balaban J connectivity index is 1.76. The lowest BCUT2D eigenvalue weighted by Gasteiger charge is -2.21. The molecule has 0 radical (unpaired) electrons. The SMILES string of the molecule is O=C(NCc1nn[nH]n1)C1COCCO1. The summed E-state index contributed by atoms with van der Waals surface area (Å²) < 4.78 is 10.3. The molecule has 1 unspecified atom stereocenters. The van der Waals surface area contributed by atoms with Crippen LogP contribution in [-0.4, -0.2) is 52.5 Å². The molecule has 1 aliphatic rings. The van der Waals surface area contributed by atoms with E-state index in [1.165, 1.54) is 0 Å². The van der Waals surface area contributed by atoms with Crippen LogP contribution in [0.2, 0.25) is 0 Å². The van der Waals surface area contributed by atoms with Gasteiger partial charge < -0.3 is 14.8 Å². The fourth-order valence-corrected chi connectivity index (χ4v) is 1.18. The summed E-state index contributed by atoms with van der Waals surface area (Å²) in [6.07, 6.45) is -0.536. The quantitative estimate of drug-likeness (QED) is 0.616. The van der Waals surface area contributed by atoms with E-state index in [9.17, 15) is 4.79 Å². The number of H-pyrrole nitrogens is 1. The zero-order chi connectivity index (χ0) is 10.5. The lowest BCUT2D eigenvalue weighted by Crippen LogP contribution is -2.42. The molecule has 8 heteroatoms. The maximum Gasteiger partial charge on any atom is 0.251 e. The Hall–Kier alpha value is -1.54. The predicted octanol–water partition coefficient (Wildman–Crippen LogP) is -1.77. The molecule has 1 aromatic heterocycles. The van der Waals surface area contributed by atoms with Crippen LogP contribution in [-0.2, 0) is 20.8 Å². The summed E-state index contributed by atoms with van der Waals surface area (Å²) in [4.78, 5) is 11.5. The van der Waals surface area contributed by atoms with Crippen LogP contribution in [0.25, 0.3) is 0 Å². The van der Waals surface area contributed by atoms with Crippen LogP contribution in [0.15, 0.2) is 0 Å². The summed E-state index contributed by atoms with van der Waals surface area (Å²) in [5.74, 6) is 0.208. The molecule has 2 heterocycles. The smallest absolute Gasteiger partial charge is 0.251 e. The van der Waals surface area contributed by atoms with Gasteiger partial charge in [0.2, 0.25) is 0 Å². The van der Waals surface area contributed by atoms with E-state index < -0.39 is 6.10 Å². The summed E-state index contributed by atoms with van der Waals surface area (Å²) in [5.41, 5.74) is 0. The van der Waals surface area contributed by atoms with Crippen LogP contribution in [0.5, 0.6) is 0 Å². The minimum Gasteiger partial charge on any atom is -0.376 e. The van der Waals surface area contributed by atoms with Crippen LogP contribution in [0.1, 0.15) is 5.82 Å². The van der Waals surface area contributed by atoms with Crippen LogP contribution >= 0.6 is 0 Å². The zero-order valence-electron chi connectivity index (χ0n) is 7.97. The molecule has 1 aromatic rings. The first kappa shape index (κ1) is 9.99. The third-order valence-electron chi connectivity index (χ3n) is 1.92. The average molecular weight is 213 g/mol. The molecule has 0 bridgehead atoms. The van der Waals surface area contributed by atoms with Crippen molar-refractivity contribution in [3.05, 3.63) is 5.82 Å². The Morgan fingerprint density at radius 3 is 3.20 bits per heavy atom. The van der Waals surface area contributed by atoms with Gasteiger partial charge >= 0.3 is 0 Å². The van der Waals surface area contributed by atoms with Crippen LogP contribution in [0.3, 0.4) is 0 Å². The van der Waals surface area contributed by atoms with Gasteiger partial charge in [0.25, 0.3) is 5.91 Å². The van der Waals surface area contributed by atoms with Crippen LogP contribution in [0, 0.1) is 0 Å².